The van der Waals surface area contributed by atoms with Crippen LogP contribution in [0.3, 0.4) is 0 Å². The second-order valence-electron chi connectivity index (χ2n) is 6.36. The lowest BCUT2D eigenvalue weighted by Gasteiger charge is -2.34. The van der Waals surface area contributed by atoms with Gasteiger partial charge in [-0.3, -0.25) is 4.79 Å². The number of hydrogen-bond acceptors (Lipinski definition) is 4. The van der Waals surface area contributed by atoms with Crippen LogP contribution in [0, 0.1) is 11.3 Å². The molecular formula is C18H22N5O2+. The average Bonchev–Trinajstić information content (AvgIpc) is 3.05. The van der Waals surface area contributed by atoms with Crippen molar-refractivity contribution in [3.63, 3.8) is 0 Å². The van der Waals surface area contributed by atoms with Crippen LogP contribution in [0.1, 0.15) is 19.7 Å². The highest BCUT2D eigenvalue weighted by Crippen LogP contribution is 2.19. The molecule has 2 aromatic rings. The van der Waals surface area contributed by atoms with E-state index in [1.54, 1.807) is 11.8 Å². The number of fused-ring (bicyclic) bond motifs is 1. The van der Waals surface area contributed by atoms with Crippen LogP contribution in [0.4, 0.5) is 0 Å². The van der Waals surface area contributed by atoms with Crippen molar-refractivity contribution in [1.29, 1.82) is 5.26 Å². The average molecular weight is 340 g/mol. The number of carbonyl (C=O) groups excluding carboxylic acids is 1. The van der Waals surface area contributed by atoms with Gasteiger partial charge in [-0.2, -0.15) is 5.26 Å². The Morgan fingerprint density at radius 3 is 2.68 bits per heavy atom. The summed E-state index contributed by atoms with van der Waals surface area (Å²) in [5.41, 5.74) is 1.76. The van der Waals surface area contributed by atoms with Crippen molar-refractivity contribution in [2.24, 2.45) is 0 Å². The summed E-state index contributed by atoms with van der Waals surface area (Å²) in [5.74, 6) is 0.495. The zero-order valence-corrected chi connectivity index (χ0v) is 14.4. The first-order valence-corrected chi connectivity index (χ1v) is 8.39. The number of H-pyrrole nitrogens is 1. The van der Waals surface area contributed by atoms with Crippen molar-refractivity contribution in [2.45, 2.75) is 19.9 Å². The molecule has 0 radical (unpaired) electrons. The smallest absolute Gasteiger partial charge is 0.219 e. The summed E-state index contributed by atoms with van der Waals surface area (Å²) in [6.07, 6.45) is 0. The summed E-state index contributed by atoms with van der Waals surface area (Å²) in [5, 5.41) is 20.2. The molecule has 3 N–H and O–H groups in total. The predicted octanol–water partition coefficient (Wildman–Crippen LogP) is 0.491. The van der Waals surface area contributed by atoms with E-state index in [0.717, 1.165) is 29.0 Å². The molecule has 0 bridgehead atoms. The van der Waals surface area contributed by atoms with Crippen LogP contribution in [0.25, 0.3) is 16.6 Å². The third-order valence-corrected chi connectivity index (χ3v) is 4.87. The first-order valence-electron chi connectivity index (χ1n) is 8.39. The zero-order valence-electron chi connectivity index (χ0n) is 14.4. The number of aliphatic hydroxyl groups is 1. The molecule has 0 saturated carbocycles. The summed E-state index contributed by atoms with van der Waals surface area (Å²) >= 11 is 0. The topological polar surface area (TPSA) is 97.5 Å². The fourth-order valence-electron chi connectivity index (χ4n) is 3.25. The minimum Gasteiger partial charge on any atom is -0.505 e. The number of imidazole rings is 1. The lowest BCUT2D eigenvalue weighted by molar-refractivity contribution is -0.923. The fraction of sp³-hybridized carbons (Fsp3) is 0.389. The van der Waals surface area contributed by atoms with E-state index in [0.29, 0.717) is 18.9 Å². The Morgan fingerprint density at radius 1 is 1.40 bits per heavy atom. The maximum absolute atomic E-state index is 11.4. The zero-order chi connectivity index (χ0) is 18.0. The molecule has 1 aromatic carbocycles. The fourth-order valence-corrected chi connectivity index (χ4v) is 3.25. The molecule has 3 rings (SSSR count). The molecule has 1 fully saturated rings. The number of quaternary nitrogens is 1. The molecule has 0 aliphatic carbocycles. The number of aliphatic hydroxyl groups excluding tert-OH is 1. The van der Waals surface area contributed by atoms with Crippen LogP contribution in [-0.2, 0) is 4.79 Å². The third kappa shape index (κ3) is 3.35. The highest BCUT2D eigenvalue weighted by Gasteiger charge is 2.30. The molecule has 1 saturated heterocycles. The number of aromatic nitrogens is 2. The van der Waals surface area contributed by atoms with Crippen molar-refractivity contribution in [2.75, 3.05) is 26.2 Å². The molecule has 7 nitrogen and oxygen atoms in total. The molecule has 25 heavy (non-hydrogen) atoms. The number of amides is 1. The molecule has 1 aromatic heterocycles. The maximum atomic E-state index is 11.4. The number of para-hydroxylation sites is 2. The highest BCUT2D eigenvalue weighted by molar-refractivity contribution is 5.82. The molecule has 1 aliphatic rings. The van der Waals surface area contributed by atoms with Gasteiger partial charge in [-0.25, -0.2) is 4.98 Å². The van der Waals surface area contributed by atoms with Crippen molar-refractivity contribution < 1.29 is 14.8 Å². The van der Waals surface area contributed by atoms with Gasteiger partial charge in [-0.1, -0.05) is 12.1 Å². The van der Waals surface area contributed by atoms with Gasteiger partial charge in [0.15, 0.2) is 11.6 Å². The number of rotatable bonds is 3. The number of hydrogen-bond donors (Lipinski definition) is 3. The van der Waals surface area contributed by atoms with E-state index in [2.05, 4.69) is 16.0 Å². The second-order valence-corrected chi connectivity index (χ2v) is 6.36. The Labute approximate surface area is 146 Å². The SMILES string of the molecule is CC(=O)N1CC[NH+]([C@H](C)/C(O)=C(\C#N)c2nc3ccccc3[nH]2)CC1. The number of benzene rings is 1. The van der Waals surface area contributed by atoms with Crippen LogP contribution in [0.15, 0.2) is 30.0 Å². The molecule has 0 unspecified atom stereocenters. The van der Waals surface area contributed by atoms with Crippen molar-refractivity contribution in [3.8, 4) is 6.07 Å². The Balaban J connectivity index is 1.84. The number of aromatic amines is 1. The van der Waals surface area contributed by atoms with Crippen LogP contribution < -0.4 is 4.90 Å². The van der Waals surface area contributed by atoms with Crippen LogP contribution in [0.2, 0.25) is 0 Å². The molecule has 1 amide bonds. The molecule has 1 aliphatic heterocycles. The molecule has 2 heterocycles. The normalized spacial score (nSPS) is 17.9. The quantitative estimate of drug-likeness (QED) is 0.559. The van der Waals surface area contributed by atoms with Gasteiger partial charge in [0, 0.05) is 6.92 Å². The van der Waals surface area contributed by atoms with Crippen molar-refractivity contribution >= 4 is 22.5 Å². The number of piperazine rings is 1. The first-order chi connectivity index (χ1) is 12.0. The highest BCUT2D eigenvalue weighted by atomic mass is 16.3. The van der Waals surface area contributed by atoms with E-state index in [-0.39, 0.29) is 23.3 Å². The Morgan fingerprint density at radius 2 is 2.08 bits per heavy atom. The molecule has 1 atom stereocenters. The summed E-state index contributed by atoms with van der Waals surface area (Å²) in [7, 11) is 0. The van der Waals surface area contributed by atoms with Crippen molar-refractivity contribution in [3.05, 3.63) is 35.8 Å². The molecule has 7 heteroatoms. The van der Waals surface area contributed by atoms with E-state index >= 15 is 0 Å². The van der Waals surface area contributed by atoms with Gasteiger partial charge in [0.1, 0.15) is 17.7 Å². The van der Waals surface area contributed by atoms with Gasteiger partial charge in [0.25, 0.3) is 0 Å². The number of carbonyl (C=O) groups is 1. The maximum Gasteiger partial charge on any atom is 0.219 e. The van der Waals surface area contributed by atoms with Gasteiger partial charge in [-0.15, -0.1) is 0 Å². The molecular weight excluding hydrogens is 318 g/mol. The van der Waals surface area contributed by atoms with Gasteiger partial charge >= 0.3 is 0 Å². The van der Waals surface area contributed by atoms with Crippen LogP contribution >= 0.6 is 0 Å². The summed E-state index contributed by atoms with van der Waals surface area (Å²) in [6, 6.07) is 9.35. The van der Waals surface area contributed by atoms with Crippen LogP contribution in [-0.4, -0.2) is 58.1 Å². The van der Waals surface area contributed by atoms with Gasteiger partial charge in [0.2, 0.25) is 5.91 Å². The Kier molecular flexibility index (Phi) is 4.72. The van der Waals surface area contributed by atoms with E-state index in [1.165, 1.54) is 0 Å². The van der Waals surface area contributed by atoms with Gasteiger partial charge in [-0.05, 0) is 19.1 Å². The second kappa shape index (κ2) is 6.95. The summed E-state index contributed by atoms with van der Waals surface area (Å²) < 4.78 is 0. The van der Waals surface area contributed by atoms with E-state index in [4.69, 9.17) is 0 Å². The molecule has 0 spiro atoms. The molecule has 130 valence electrons. The largest absolute Gasteiger partial charge is 0.505 e. The Bertz CT molecular complexity index is 823. The minimum atomic E-state index is -0.239. The number of allylic oxidation sites excluding steroid dienone is 1. The lowest BCUT2D eigenvalue weighted by atomic mass is 10.1. The Hall–Kier alpha value is -2.85. The summed E-state index contributed by atoms with van der Waals surface area (Å²) in [4.78, 5) is 21.9. The monoisotopic (exact) mass is 340 g/mol. The summed E-state index contributed by atoms with van der Waals surface area (Å²) in [6.45, 7) is 6.27. The number of nitrogens with zero attached hydrogens (tertiary/aromatic N) is 3. The van der Waals surface area contributed by atoms with E-state index < -0.39 is 0 Å². The van der Waals surface area contributed by atoms with E-state index in [1.807, 2.05) is 31.2 Å². The standard InChI is InChI=1S/C18H21N5O2/c1-12(22-7-9-23(10-8-22)13(2)24)17(25)14(11-19)18-20-15-5-3-4-6-16(15)21-18/h3-6,12,25H,7-10H2,1-2H3,(H,20,21)/p+1/b17-14-/t12-/m1/s1. The van der Waals surface area contributed by atoms with E-state index in [9.17, 15) is 15.2 Å². The van der Waals surface area contributed by atoms with Crippen molar-refractivity contribution in [1.82, 2.24) is 14.9 Å². The first kappa shape index (κ1) is 17.0. The minimum absolute atomic E-state index is 0.0350. The van der Waals surface area contributed by atoms with Gasteiger partial charge < -0.3 is 19.9 Å². The number of nitrogens with one attached hydrogen (secondary N) is 2. The third-order valence-electron chi connectivity index (χ3n) is 4.87. The van der Waals surface area contributed by atoms with Gasteiger partial charge in [0.05, 0.1) is 37.2 Å². The lowest BCUT2D eigenvalue weighted by Crippen LogP contribution is -3.18. The number of nitriles is 1. The predicted molar refractivity (Wildman–Crippen MR) is 93.7 cm³/mol. The van der Waals surface area contributed by atoms with Crippen LogP contribution in [0.5, 0.6) is 0 Å².